The van der Waals surface area contributed by atoms with E-state index in [4.69, 9.17) is 5.73 Å². The molecule has 3 aromatic rings. The minimum absolute atomic E-state index is 0.335. The third-order valence-corrected chi connectivity index (χ3v) is 4.18. The van der Waals surface area contributed by atoms with E-state index in [9.17, 15) is 4.39 Å². The predicted octanol–water partition coefficient (Wildman–Crippen LogP) is 5.22. The smallest absolute Gasteiger partial charge is 0.139 e. The first-order valence-corrected chi connectivity index (χ1v) is 7.69. The van der Waals surface area contributed by atoms with Crippen LogP contribution in [0, 0.1) is 5.82 Å². The van der Waals surface area contributed by atoms with E-state index in [1.165, 1.54) is 6.07 Å². The van der Waals surface area contributed by atoms with E-state index in [1.807, 2.05) is 18.2 Å². The SMILES string of the molecule is Nc1cnc2ccc(Br)cc2c1Nc1ccc(Br)c(F)c1. The second-order valence-electron chi connectivity index (χ2n) is 4.50. The lowest BCUT2D eigenvalue weighted by Gasteiger charge is -2.13. The minimum atomic E-state index is -0.335. The van der Waals surface area contributed by atoms with Crippen LogP contribution in [0.5, 0.6) is 0 Å². The number of halogens is 3. The van der Waals surface area contributed by atoms with Crippen molar-refractivity contribution in [3.05, 3.63) is 57.4 Å². The first-order chi connectivity index (χ1) is 10.0. The topological polar surface area (TPSA) is 50.9 Å². The maximum atomic E-state index is 13.6. The molecule has 0 atom stereocenters. The van der Waals surface area contributed by atoms with Gasteiger partial charge in [-0.2, -0.15) is 0 Å². The Labute approximate surface area is 137 Å². The Kier molecular flexibility index (Phi) is 3.82. The molecule has 0 unspecified atom stereocenters. The molecule has 3 rings (SSSR count). The van der Waals surface area contributed by atoms with Crippen molar-refractivity contribution in [2.75, 3.05) is 11.1 Å². The molecule has 0 bridgehead atoms. The van der Waals surface area contributed by atoms with E-state index in [0.717, 1.165) is 15.4 Å². The average Bonchev–Trinajstić information content (AvgIpc) is 2.46. The second kappa shape index (κ2) is 5.61. The zero-order valence-electron chi connectivity index (χ0n) is 10.7. The highest BCUT2D eigenvalue weighted by atomic mass is 79.9. The summed E-state index contributed by atoms with van der Waals surface area (Å²) in [5, 5.41) is 4.03. The van der Waals surface area contributed by atoms with Crippen LogP contribution in [-0.4, -0.2) is 4.98 Å². The molecule has 1 aromatic heterocycles. The van der Waals surface area contributed by atoms with Gasteiger partial charge in [0.2, 0.25) is 0 Å². The van der Waals surface area contributed by atoms with Crippen molar-refractivity contribution in [2.45, 2.75) is 0 Å². The predicted molar refractivity (Wildman–Crippen MR) is 91.2 cm³/mol. The highest BCUT2D eigenvalue weighted by Gasteiger charge is 2.09. The molecule has 1 heterocycles. The molecule has 21 heavy (non-hydrogen) atoms. The maximum Gasteiger partial charge on any atom is 0.139 e. The summed E-state index contributed by atoms with van der Waals surface area (Å²) in [4.78, 5) is 4.29. The quantitative estimate of drug-likeness (QED) is 0.608. The number of hydrogen-bond acceptors (Lipinski definition) is 3. The Morgan fingerprint density at radius 2 is 1.90 bits per heavy atom. The van der Waals surface area contributed by atoms with Crippen molar-refractivity contribution in [3.63, 3.8) is 0 Å². The first-order valence-electron chi connectivity index (χ1n) is 6.10. The first kappa shape index (κ1) is 14.3. The molecule has 0 amide bonds. The Morgan fingerprint density at radius 1 is 1.10 bits per heavy atom. The molecule has 0 saturated heterocycles. The van der Waals surface area contributed by atoms with E-state index in [-0.39, 0.29) is 5.82 Å². The van der Waals surface area contributed by atoms with Gasteiger partial charge in [0.05, 0.1) is 27.6 Å². The Hall–Kier alpha value is -1.66. The fourth-order valence-corrected chi connectivity index (χ4v) is 2.65. The van der Waals surface area contributed by atoms with E-state index in [2.05, 4.69) is 42.2 Å². The van der Waals surface area contributed by atoms with Crippen LogP contribution in [0.3, 0.4) is 0 Å². The molecule has 3 N–H and O–H groups in total. The van der Waals surface area contributed by atoms with Crippen LogP contribution in [0.1, 0.15) is 0 Å². The fourth-order valence-electron chi connectivity index (χ4n) is 2.04. The highest BCUT2D eigenvalue weighted by molar-refractivity contribution is 9.10. The third kappa shape index (κ3) is 2.87. The van der Waals surface area contributed by atoms with Crippen LogP contribution >= 0.6 is 31.9 Å². The van der Waals surface area contributed by atoms with Gasteiger partial charge in [0.15, 0.2) is 0 Å². The summed E-state index contributed by atoms with van der Waals surface area (Å²) in [7, 11) is 0. The number of fused-ring (bicyclic) bond motifs is 1. The Bertz CT molecular complexity index is 831. The van der Waals surface area contributed by atoms with Crippen molar-refractivity contribution in [1.29, 1.82) is 0 Å². The average molecular weight is 411 g/mol. The zero-order chi connectivity index (χ0) is 15.0. The highest BCUT2D eigenvalue weighted by Crippen LogP contribution is 2.33. The van der Waals surface area contributed by atoms with Crippen LogP contribution in [0.25, 0.3) is 10.9 Å². The summed E-state index contributed by atoms with van der Waals surface area (Å²) in [5.41, 5.74) is 8.66. The van der Waals surface area contributed by atoms with E-state index in [0.29, 0.717) is 21.5 Å². The third-order valence-electron chi connectivity index (χ3n) is 3.05. The summed E-state index contributed by atoms with van der Waals surface area (Å²) in [6.07, 6.45) is 1.59. The number of nitrogens with two attached hydrogens (primary N) is 1. The maximum absolute atomic E-state index is 13.6. The molecule has 0 aliphatic carbocycles. The second-order valence-corrected chi connectivity index (χ2v) is 6.27. The number of nitrogens with one attached hydrogen (secondary N) is 1. The summed E-state index contributed by atoms with van der Waals surface area (Å²) >= 11 is 6.57. The lowest BCUT2D eigenvalue weighted by atomic mass is 10.1. The van der Waals surface area contributed by atoms with Crippen molar-refractivity contribution in [2.24, 2.45) is 0 Å². The lowest BCUT2D eigenvalue weighted by molar-refractivity contribution is 0.622. The molecule has 106 valence electrons. The number of benzene rings is 2. The van der Waals surface area contributed by atoms with Crippen LogP contribution in [-0.2, 0) is 0 Å². The number of rotatable bonds is 2. The molecule has 0 aliphatic heterocycles. The molecule has 0 aliphatic rings. The minimum Gasteiger partial charge on any atom is -0.396 e. The molecule has 0 fully saturated rings. The summed E-state index contributed by atoms with van der Waals surface area (Å²) < 4.78 is 15.0. The largest absolute Gasteiger partial charge is 0.396 e. The molecule has 0 radical (unpaired) electrons. The number of anilines is 3. The van der Waals surface area contributed by atoms with Gasteiger partial charge in [-0.25, -0.2) is 4.39 Å². The van der Waals surface area contributed by atoms with Gasteiger partial charge in [0, 0.05) is 15.5 Å². The summed E-state index contributed by atoms with van der Waals surface area (Å²) in [5.74, 6) is -0.335. The molecule has 0 spiro atoms. The lowest BCUT2D eigenvalue weighted by Crippen LogP contribution is -1.99. The van der Waals surface area contributed by atoms with E-state index < -0.39 is 0 Å². The van der Waals surface area contributed by atoms with Gasteiger partial charge in [-0.05, 0) is 52.3 Å². The summed E-state index contributed by atoms with van der Waals surface area (Å²) in [6, 6.07) is 10.6. The molecular weight excluding hydrogens is 401 g/mol. The van der Waals surface area contributed by atoms with Crippen LogP contribution in [0.4, 0.5) is 21.5 Å². The van der Waals surface area contributed by atoms with Gasteiger partial charge < -0.3 is 11.1 Å². The van der Waals surface area contributed by atoms with E-state index >= 15 is 0 Å². The fraction of sp³-hybridized carbons (Fsp3) is 0. The number of aromatic nitrogens is 1. The van der Waals surface area contributed by atoms with Crippen molar-refractivity contribution < 1.29 is 4.39 Å². The molecule has 3 nitrogen and oxygen atoms in total. The molecular formula is C15H10Br2FN3. The van der Waals surface area contributed by atoms with E-state index in [1.54, 1.807) is 18.3 Å². The van der Waals surface area contributed by atoms with Gasteiger partial charge in [-0.15, -0.1) is 0 Å². The number of hydrogen-bond donors (Lipinski definition) is 2. The van der Waals surface area contributed by atoms with Gasteiger partial charge in [0.25, 0.3) is 0 Å². The monoisotopic (exact) mass is 409 g/mol. The van der Waals surface area contributed by atoms with Gasteiger partial charge >= 0.3 is 0 Å². The van der Waals surface area contributed by atoms with Crippen molar-refractivity contribution in [3.8, 4) is 0 Å². The molecule has 0 saturated carbocycles. The normalized spacial score (nSPS) is 10.8. The van der Waals surface area contributed by atoms with Gasteiger partial charge in [-0.1, -0.05) is 15.9 Å². The molecule has 6 heteroatoms. The van der Waals surface area contributed by atoms with Crippen molar-refractivity contribution >= 4 is 59.8 Å². The van der Waals surface area contributed by atoms with Crippen molar-refractivity contribution in [1.82, 2.24) is 4.98 Å². The van der Waals surface area contributed by atoms with Crippen LogP contribution in [0.15, 0.2) is 51.5 Å². The number of nitrogen functional groups attached to an aromatic ring is 1. The Balaban J connectivity index is 2.12. The van der Waals surface area contributed by atoms with Gasteiger partial charge in [-0.3, -0.25) is 4.98 Å². The molecule has 2 aromatic carbocycles. The zero-order valence-corrected chi connectivity index (χ0v) is 13.9. The summed E-state index contributed by atoms with van der Waals surface area (Å²) in [6.45, 7) is 0. The van der Waals surface area contributed by atoms with Gasteiger partial charge in [0.1, 0.15) is 5.82 Å². The van der Waals surface area contributed by atoms with Crippen LogP contribution in [0.2, 0.25) is 0 Å². The number of nitrogens with zero attached hydrogens (tertiary/aromatic N) is 1. The standard InChI is InChI=1S/C15H10Br2FN3/c16-8-1-4-14-10(5-8)15(13(19)7-20-14)21-9-2-3-11(17)12(18)6-9/h1-7H,19H2,(H,20,21). The number of pyridine rings is 1. The van der Waals surface area contributed by atoms with Crippen LogP contribution < -0.4 is 11.1 Å². The Morgan fingerprint density at radius 3 is 2.67 bits per heavy atom.